The lowest BCUT2D eigenvalue weighted by molar-refractivity contribution is 0.0996. The van der Waals surface area contributed by atoms with Gasteiger partial charge in [-0.05, 0) is 30.9 Å². The number of methoxy groups -OCH3 is 2. The molecule has 1 amide bonds. The zero-order chi connectivity index (χ0) is 21.5. The highest BCUT2D eigenvalue weighted by Crippen LogP contribution is 2.33. The summed E-state index contributed by atoms with van der Waals surface area (Å²) in [6.45, 7) is 5.79. The fourth-order valence-corrected chi connectivity index (χ4v) is 4.82. The van der Waals surface area contributed by atoms with Crippen molar-refractivity contribution < 1.29 is 19.0 Å². The predicted octanol–water partition coefficient (Wildman–Crippen LogP) is 4.61. The number of benzene rings is 2. The molecule has 0 aliphatic carbocycles. The summed E-state index contributed by atoms with van der Waals surface area (Å²) in [6.07, 6.45) is 0. The van der Waals surface area contributed by atoms with Crippen molar-refractivity contribution in [2.45, 2.75) is 25.3 Å². The van der Waals surface area contributed by atoms with Gasteiger partial charge in [0.2, 0.25) is 0 Å². The first kappa shape index (κ1) is 22.4. The van der Waals surface area contributed by atoms with Crippen molar-refractivity contribution in [1.29, 1.82) is 0 Å². The second-order valence-electron chi connectivity index (χ2n) is 6.29. The van der Waals surface area contributed by atoms with Crippen molar-refractivity contribution in [3.63, 3.8) is 0 Å². The normalized spacial score (nSPS) is 11.8. The minimum Gasteiger partial charge on any atom is -0.493 e. The smallest absolute Gasteiger partial charge is 0.279 e. The molecule has 160 valence electrons. The number of amides is 1. The van der Waals surface area contributed by atoms with Gasteiger partial charge in [0.25, 0.3) is 5.91 Å². The Balaban J connectivity index is 2.09. The minimum atomic E-state index is -0.260. The van der Waals surface area contributed by atoms with Gasteiger partial charge in [-0.15, -0.1) is 11.8 Å². The topological polar surface area (TPSA) is 62.1 Å². The summed E-state index contributed by atoms with van der Waals surface area (Å²) < 4.78 is 19.4. The summed E-state index contributed by atoms with van der Waals surface area (Å²) in [7, 11) is 3.22. The van der Waals surface area contributed by atoms with E-state index < -0.39 is 0 Å². The predicted molar refractivity (Wildman–Crippen MR) is 122 cm³/mol. The SMILES string of the molecule is CCOCCn1c(=NC(=O)c2cccc(SCC)c2)sc2cc(OC)c(OC)cc21. The van der Waals surface area contributed by atoms with Gasteiger partial charge in [-0.1, -0.05) is 24.3 Å². The van der Waals surface area contributed by atoms with Crippen LogP contribution in [0.3, 0.4) is 0 Å². The van der Waals surface area contributed by atoms with Crippen LogP contribution in [0.15, 0.2) is 46.3 Å². The lowest BCUT2D eigenvalue weighted by atomic mass is 10.2. The standard InChI is InChI=1S/C22H26N2O4S2/c1-5-28-11-10-24-17-13-18(26-3)19(27-4)14-20(17)30-22(24)23-21(25)15-8-7-9-16(12-15)29-6-2/h7-9,12-14H,5-6,10-11H2,1-4H3. The number of carbonyl (C=O) groups is 1. The molecule has 0 N–H and O–H groups in total. The van der Waals surface area contributed by atoms with Crippen LogP contribution in [0.5, 0.6) is 11.5 Å². The number of hydrogen-bond acceptors (Lipinski definition) is 6. The summed E-state index contributed by atoms with van der Waals surface area (Å²) in [5, 5.41) is 0. The lowest BCUT2D eigenvalue weighted by Crippen LogP contribution is -2.19. The van der Waals surface area contributed by atoms with E-state index in [9.17, 15) is 4.79 Å². The zero-order valence-corrected chi connectivity index (χ0v) is 19.3. The van der Waals surface area contributed by atoms with Gasteiger partial charge in [-0.25, -0.2) is 0 Å². The quantitative estimate of drug-likeness (QED) is 0.355. The Labute approximate surface area is 184 Å². The van der Waals surface area contributed by atoms with Crippen LogP contribution in [0.2, 0.25) is 0 Å². The average Bonchev–Trinajstić information content (AvgIpc) is 3.09. The Kier molecular flexibility index (Phi) is 7.95. The van der Waals surface area contributed by atoms with Crippen molar-refractivity contribution >= 4 is 39.2 Å². The maximum absolute atomic E-state index is 12.9. The van der Waals surface area contributed by atoms with Crippen molar-refractivity contribution in [2.24, 2.45) is 4.99 Å². The van der Waals surface area contributed by atoms with Crippen LogP contribution in [0.4, 0.5) is 0 Å². The summed E-state index contributed by atoms with van der Waals surface area (Å²) in [5.74, 6) is 1.97. The number of fused-ring (bicyclic) bond motifs is 1. The largest absolute Gasteiger partial charge is 0.493 e. The first-order valence-corrected chi connectivity index (χ1v) is 11.6. The molecule has 8 heteroatoms. The molecule has 1 heterocycles. The number of hydrogen-bond donors (Lipinski definition) is 0. The van der Waals surface area contributed by atoms with Gasteiger partial charge in [0.05, 0.1) is 31.0 Å². The van der Waals surface area contributed by atoms with E-state index in [1.807, 2.05) is 41.8 Å². The molecule has 0 bridgehead atoms. The zero-order valence-electron chi connectivity index (χ0n) is 17.6. The van der Waals surface area contributed by atoms with Gasteiger partial charge < -0.3 is 18.8 Å². The van der Waals surface area contributed by atoms with E-state index in [4.69, 9.17) is 14.2 Å². The highest BCUT2D eigenvalue weighted by Gasteiger charge is 2.14. The molecule has 0 saturated carbocycles. The van der Waals surface area contributed by atoms with Gasteiger partial charge in [-0.2, -0.15) is 4.99 Å². The molecule has 0 aliphatic heterocycles. The van der Waals surface area contributed by atoms with E-state index >= 15 is 0 Å². The fraction of sp³-hybridized carbons (Fsp3) is 0.364. The van der Waals surface area contributed by atoms with E-state index in [0.717, 1.165) is 20.9 Å². The summed E-state index contributed by atoms with van der Waals surface area (Å²) in [6, 6.07) is 11.4. The molecule has 3 rings (SSSR count). The first-order chi connectivity index (χ1) is 14.6. The Morgan fingerprint density at radius 1 is 1.13 bits per heavy atom. The van der Waals surface area contributed by atoms with Crippen LogP contribution < -0.4 is 14.3 Å². The van der Waals surface area contributed by atoms with Gasteiger partial charge >= 0.3 is 0 Å². The number of nitrogens with zero attached hydrogens (tertiary/aromatic N) is 2. The second-order valence-corrected chi connectivity index (χ2v) is 8.63. The molecule has 6 nitrogen and oxygen atoms in total. The molecule has 3 aromatic rings. The third-order valence-electron chi connectivity index (χ3n) is 4.44. The third kappa shape index (κ3) is 5.06. The molecule has 0 unspecified atom stereocenters. The maximum atomic E-state index is 12.9. The van der Waals surface area contributed by atoms with Crippen LogP contribution in [-0.2, 0) is 11.3 Å². The molecule has 0 spiro atoms. The van der Waals surface area contributed by atoms with Crippen molar-refractivity contribution in [3.05, 3.63) is 46.8 Å². The number of ether oxygens (including phenoxy) is 3. The molecular formula is C22H26N2O4S2. The van der Waals surface area contributed by atoms with Gasteiger partial charge in [0.1, 0.15) is 0 Å². The Hall–Kier alpha value is -2.29. The van der Waals surface area contributed by atoms with Crippen molar-refractivity contribution in [3.8, 4) is 11.5 Å². The third-order valence-corrected chi connectivity index (χ3v) is 6.36. The molecule has 1 aromatic heterocycles. The van der Waals surface area contributed by atoms with E-state index in [1.165, 1.54) is 11.3 Å². The average molecular weight is 447 g/mol. The maximum Gasteiger partial charge on any atom is 0.279 e. The Morgan fingerprint density at radius 2 is 1.90 bits per heavy atom. The minimum absolute atomic E-state index is 0.260. The first-order valence-electron chi connectivity index (χ1n) is 9.76. The van der Waals surface area contributed by atoms with Crippen molar-refractivity contribution in [2.75, 3.05) is 33.2 Å². The van der Waals surface area contributed by atoms with Crippen LogP contribution in [-0.4, -0.2) is 43.7 Å². The van der Waals surface area contributed by atoms with Crippen LogP contribution >= 0.6 is 23.1 Å². The summed E-state index contributed by atoms with van der Waals surface area (Å²) in [5.41, 5.74) is 1.51. The lowest BCUT2D eigenvalue weighted by Gasteiger charge is -2.09. The highest BCUT2D eigenvalue weighted by atomic mass is 32.2. The van der Waals surface area contributed by atoms with E-state index in [2.05, 4.69) is 11.9 Å². The van der Waals surface area contributed by atoms with E-state index in [0.29, 0.717) is 41.6 Å². The van der Waals surface area contributed by atoms with E-state index in [-0.39, 0.29) is 5.91 Å². The molecule has 0 fully saturated rings. The van der Waals surface area contributed by atoms with Gasteiger partial charge in [0.15, 0.2) is 16.3 Å². The van der Waals surface area contributed by atoms with Crippen LogP contribution in [0.1, 0.15) is 24.2 Å². The highest BCUT2D eigenvalue weighted by molar-refractivity contribution is 7.99. The van der Waals surface area contributed by atoms with Gasteiger partial charge in [0, 0.05) is 35.7 Å². The molecular weight excluding hydrogens is 420 g/mol. The number of carbonyl (C=O) groups excluding carboxylic acids is 1. The monoisotopic (exact) mass is 446 g/mol. The number of aromatic nitrogens is 1. The second kappa shape index (κ2) is 10.7. The van der Waals surface area contributed by atoms with Crippen LogP contribution in [0.25, 0.3) is 10.2 Å². The number of thiazole rings is 1. The summed E-state index contributed by atoms with van der Waals surface area (Å²) in [4.78, 5) is 19.1. The van der Waals surface area contributed by atoms with Crippen LogP contribution in [0, 0.1) is 0 Å². The molecule has 0 saturated heterocycles. The summed E-state index contributed by atoms with van der Waals surface area (Å²) >= 11 is 3.15. The molecule has 30 heavy (non-hydrogen) atoms. The molecule has 0 radical (unpaired) electrons. The molecule has 0 aliphatic rings. The molecule has 0 atom stereocenters. The Bertz CT molecular complexity index is 1090. The van der Waals surface area contributed by atoms with Crippen molar-refractivity contribution in [1.82, 2.24) is 4.57 Å². The van der Waals surface area contributed by atoms with E-state index in [1.54, 1.807) is 32.0 Å². The van der Waals surface area contributed by atoms with Gasteiger partial charge in [-0.3, -0.25) is 4.79 Å². The fourth-order valence-electron chi connectivity index (χ4n) is 3.04. The number of rotatable bonds is 9. The Morgan fingerprint density at radius 3 is 2.60 bits per heavy atom. The number of thioether (sulfide) groups is 1. The molecule has 2 aromatic carbocycles.